The molecule has 1 N–H and O–H groups in total. The molecule has 2 aromatic heterocycles. The number of rotatable bonds is 4. The van der Waals surface area contributed by atoms with Gasteiger partial charge < -0.3 is 5.32 Å². The molecule has 0 aliphatic carbocycles. The molecule has 0 spiro atoms. The van der Waals surface area contributed by atoms with Gasteiger partial charge in [0.05, 0.1) is 17.1 Å². The van der Waals surface area contributed by atoms with Crippen molar-refractivity contribution in [1.82, 2.24) is 19.3 Å². The average Bonchev–Trinajstić information content (AvgIpc) is 2.78. The van der Waals surface area contributed by atoms with E-state index in [4.69, 9.17) is 0 Å². The van der Waals surface area contributed by atoms with Crippen molar-refractivity contribution in [3.05, 3.63) is 23.8 Å². The Labute approximate surface area is 101 Å². The number of imidazole rings is 1. The largest absolute Gasteiger partial charge is 0.355 e. The molecule has 0 aromatic carbocycles. The first kappa shape index (κ1) is 11.7. The third-order valence-corrected chi connectivity index (χ3v) is 2.61. The molecule has 92 valence electrons. The highest BCUT2D eigenvalue weighted by Crippen LogP contribution is 2.18. The summed E-state index contributed by atoms with van der Waals surface area (Å²) in [6.45, 7) is 7.08. The molecular formula is C12H19N5. The molecule has 0 aliphatic rings. The molecule has 0 unspecified atom stereocenters. The monoisotopic (exact) mass is 233 g/mol. The SMILES string of the molecule is CCCNc1nc(C)cn1-c1cn(C)nc1C. The third kappa shape index (κ3) is 2.33. The Hall–Kier alpha value is -1.78. The van der Waals surface area contributed by atoms with Crippen LogP contribution in [-0.2, 0) is 7.05 Å². The first-order valence-electron chi connectivity index (χ1n) is 5.92. The van der Waals surface area contributed by atoms with Gasteiger partial charge in [-0.3, -0.25) is 9.25 Å². The number of aryl methyl sites for hydroxylation is 3. The fourth-order valence-electron chi connectivity index (χ4n) is 1.87. The Morgan fingerprint density at radius 2 is 2.06 bits per heavy atom. The molecule has 5 nitrogen and oxygen atoms in total. The molecule has 0 aliphatic heterocycles. The van der Waals surface area contributed by atoms with Crippen molar-refractivity contribution in [3.63, 3.8) is 0 Å². The number of anilines is 1. The van der Waals surface area contributed by atoms with Crippen LogP contribution in [0.1, 0.15) is 24.7 Å². The summed E-state index contributed by atoms with van der Waals surface area (Å²) in [7, 11) is 1.93. The lowest BCUT2D eigenvalue weighted by Crippen LogP contribution is -2.06. The van der Waals surface area contributed by atoms with E-state index in [1.54, 1.807) is 0 Å². The Bertz CT molecular complexity index is 509. The highest BCUT2D eigenvalue weighted by Gasteiger charge is 2.11. The molecule has 0 radical (unpaired) electrons. The summed E-state index contributed by atoms with van der Waals surface area (Å²) in [5, 5.41) is 7.69. The van der Waals surface area contributed by atoms with Crippen LogP contribution in [0.5, 0.6) is 0 Å². The second-order valence-corrected chi connectivity index (χ2v) is 4.28. The van der Waals surface area contributed by atoms with E-state index in [1.807, 2.05) is 38.0 Å². The predicted molar refractivity (Wildman–Crippen MR) is 68.6 cm³/mol. The second kappa shape index (κ2) is 4.61. The molecule has 0 bridgehead atoms. The minimum absolute atomic E-state index is 0.889. The Morgan fingerprint density at radius 1 is 1.29 bits per heavy atom. The number of hydrogen-bond acceptors (Lipinski definition) is 3. The molecule has 0 saturated heterocycles. The molecular weight excluding hydrogens is 214 g/mol. The smallest absolute Gasteiger partial charge is 0.207 e. The molecule has 2 rings (SSSR count). The minimum atomic E-state index is 0.889. The van der Waals surface area contributed by atoms with Crippen molar-refractivity contribution < 1.29 is 0 Å². The second-order valence-electron chi connectivity index (χ2n) is 4.28. The summed E-state index contributed by atoms with van der Waals surface area (Å²) in [5.41, 5.74) is 3.09. The first-order valence-corrected chi connectivity index (χ1v) is 5.92. The van der Waals surface area contributed by atoms with Crippen LogP contribution in [0.25, 0.3) is 5.69 Å². The van der Waals surface area contributed by atoms with Gasteiger partial charge in [0.1, 0.15) is 0 Å². The standard InChI is InChI=1S/C12H19N5/c1-5-6-13-12-14-9(2)7-17(12)11-8-16(4)15-10(11)3/h7-8H,5-6H2,1-4H3,(H,13,14). The number of nitrogens with one attached hydrogen (secondary N) is 1. The van der Waals surface area contributed by atoms with E-state index >= 15 is 0 Å². The summed E-state index contributed by atoms with van der Waals surface area (Å²) < 4.78 is 3.89. The van der Waals surface area contributed by atoms with Gasteiger partial charge in [-0.15, -0.1) is 0 Å². The molecule has 0 fully saturated rings. The number of nitrogens with zero attached hydrogens (tertiary/aromatic N) is 4. The van der Waals surface area contributed by atoms with E-state index in [0.29, 0.717) is 0 Å². The lowest BCUT2D eigenvalue weighted by molar-refractivity contribution is 0.756. The zero-order valence-electron chi connectivity index (χ0n) is 10.9. The van der Waals surface area contributed by atoms with Gasteiger partial charge in [0.25, 0.3) is 0 Å². The zero-order valence-corrected chi connectivity index (χ0v) is 10.9. The van der Waals surface area contributed by atoms with Crippen LogP contribution in [0.2, 0.25) is 0 Å². The van der Waals surface area contributed by atoms with Crippen molar-refractivity contribution >= 4 is 5.95 Å². The van der Waals surface area contributed by atoms with Crippen molar-refractivity contribution in [2.45, 2.75) is 27.2 Å². The van der Waals surface area contributed by atoms with Crippen LogP contribution in [0, 0.1) is 13.8 Å². The summed E-state index contributed by atoms with van der Waals surface area (Å²) >= 11 is 0. The van der Waals surface area contributed by atoms with Gasteiger partial charge >= 0.3 is 0 Å². The molecule has 2 heterocycles. The molecule has 2 aromatic rings. The Balaban J connectivity index is 2.40. The first-order chi connectivity index (χ1) is 8.11. The number of aromatic nitrogens is 4. The van der Waals surface area contributed by atoms with Gasteiger partial charge in [0, 0.05) is 26.0 Å². The topological polar surface area (TPSA) is 47.7 Å². The summed E-state index contributed by atoms with van der Waals surface area (Å²) in [6, 6.07) is 0. The minimum Gasteiger partial charge on any atom is -0.355 e. The summed E-state index contributed by atoms with van der Waals surface area (Å²) in [5.74, 6) is 0.889. The lowest BCUT2D eigenvalue weighted by atomic mass is 10.4. The summed E-state index contributed by atoms with van der Waals surface area (Å²) in [6.07, 6.45) is 5.12. The van der Waals surface area contributed by atoms with Gasteiger partial charge in [-0.05, 0) is 20.3 Å². The average molecular weight is 233 g/mol. The molecule has 0 atom stereocenters. The lowest BCUT2D eigenvalue weighted by Gasteiger charge is -2.07. The van der Waals surface area contributed by atoms with Gasteiger partial charge in [-0.2, -0.15) is 5.10 Å². The molecule has 5 heteroatoms. The molecule has 0 amide bonds. The van der Waals surface area contributed by atoms with Crippen LogP contribution in [0.3, 0.4) is 0 Å². The number of hydrogen-bond donors (Lipinski definition) is 1. The van der Waals surface area contributed by atoms with Crippen LogP contribution in [0.15, 0.2) is 12.4 Å². The third-order valence-electron chi connectivity index (χ3n) is 2.61. The Morgan fingerprint density at radius 3 is 2.65 bits per heavy atom. The maximum Gasteiger partial charge on any atom is 0.207 e. The van der Waals surface area contributed by atoms with E-state index in [9.17, 15) is 0 Å². The van der Waals surface area contributed by atoms with Gasteiger partial charge in [-0.1, -0.05) is 6.92 Å². The predicted octanol–water partition coefficient (Wildman–Crippen LogP) is 2.04. The molecule has 0 saturated carbocycles. The Kier molecular flexibility index (Phi) is 3.17. The fraction of sp³-hybridized carbons (Fsp3) is 0.500. The van der Waals surface area contributed by atoms with Gasteiger partial charge in [0.15, 0.2) is 0 Å². The maximum absolute atomic E-state index is 4.49. The van der Waals surface area contributed by atoms with E-state index in [1.165, 1.54) is 0 Å². The van der Waals surface area contributed by atoms with E-state index in [2.05, 4.69) is 26.9 Å². The van der Waals surface area contributed by atoms with Crippen molar-refractivity contribution in [3.8, 4) is 5.69 Å². The van der Waals surface area contributed by atoms with E-state index in [0.717, 1.165) is 36.0 Å². The highest BCUT2D eigenvalue weighted by molar-refractivity contribution is 5.44. The zero-order chi connectivity index (χ0) is 12.4. The van der Waals surface area contributed by atoms with Gasteiger partial charge in [0.2, 0.25) is 5.95 Å². The van der Waals surface area contributed by atoms with Crippen LogP contribution in [-0.4, -0.2) is 25.9 Å². The maximum atomic E-state index is 4.49. The summed E-state index contributed by atoms with van der Waals surface area (Å²) in [4.78, 5) is 4.49. The van der Waals surface area contributed by atoms with Crippen molar-refractivity contribution in [2.75, 3.05) is 11.9 Å². The quantitative estimate of drug-likeness (QED) is 0.879. The normalized spacial score (nSPS) is 10.8. The van der Waals surface area contributed by atoms with Crippen molar-refractivity contribution in [2.24, 2.45) is 7.05 Å². The van der Waals surface area contributed by atoms with Crippen LogP contribution in [0.4, 0.5) is 5.95 Å². The highest BCUT2D eigenvalue weighted by atomic mass is 15.3. The molecule has 17 heavy (non-hydrogen) atoms. The van der Waals surface area contributed by atoms with E-state index < -0.39 is 0 Å². The van der Waals surface area contributed by atoms with Crippen LogP contribution >= 0.6 is 0 Å². The van der Waals surface area contributed by atoms with Crippen molar-refractivity contribution in [1.29, 1.82) is 0 Å². The van der Waals surface area contributed by atoms with E-state index in [-0.39, 0.29) is 0 Å². The van der Waals surface area contributed by atoms with Crippen LogP contribution < -0.4 is 5.32 Å². The fourth-order valence-corrected chi connectivity index (χ4v) is 1.87. The van der Waals surface area contributed by atoms with Gasteiger partial charge in [-0.25, -0.2) is 4.98 Å².